The molecule has 0 saturated heterocycles. The number of fused-ring (bicyclic) bond motifs is 4. The highest BCUT2D eigenvalue weighted by Gasteiger charge is 2.49. The molecule has 6 rings (SSSR count). The summed E-state index contributed by atoms with van der Waals surface area (Å²) in [5, 5.41) is 0. The molecule has 4 aromatic rings. The van der Waals surface area contributed by atoms with Crippen LogP contribution in [0.3, 0.4) is 0 Å². The van der Waals surface area contributed by atoms with Gasteiger partial charge < -0.3 is 9.47 Å². The van der Waals surface area contributed by atoms with Crippen molar-refractivity contribution < 1.29 is 19.1 Å². The molecule has 228 valence electrons. The number of hydrogen-bond donors (Lipinski definition) is 0. The zero-order valence-corrected chi connectivity index (χ0v) is 27.0. The molecule has 0 radical (unpaired) electrons. The molecular formula is C41H40O4. The molecule has 0 bridgehead atoms. The molecule has 0 fully saturated rings. The minimum absolute atomic E-state index is 0.366. The Morgan fingerprint density at radius 1 is 0.578 bits per heavy atom. The lowest BCUT2D eigenvalue weighted by Gasteiger charge is -2.30. The molecule has 1 spiro atoms. The summed E-state index contributed by atoms with van der Waals surface area (Å²) < 4.78 is 12.4. The van der Waals surface area contributed by atoms with Crippen molar-refractivity contribution in [1.82, 2.24) is 0 Å². The Kier molecular flexibility index (Phi) is 8.09. The number of hydrogen-bond acceptors (Lipinski definition) is 4. The number of carbonyl (C=O) groups excluding carboxylic acids is 2. The van der Waals surface area contributed by atoms with Gasteiger partial charge >= 0.3 is 11.9 Å². The zero-order chi connectivity index (χ0) is 31.9. The van der Waals surface area contributed by atoms with Crippen LogP contribution in [0.4, 0.5) is 0 Å². The summed E-state index contributed by atoms with van der Waals surface area (Å²) in [7, 11) is 0. The summed E-state index contributed by atoms with van der Waals surface area (Å²) in [6.07, 6.45) is 7.22. The van der Waals surface area contributed by atoms with E-state index in [-0.39, 0.29) is 11.9 Å². The molecule has 45 heavy (non-hydrogen) atoms. The van der Waals surface area contributed by atoms with Gasteiger partial charge in [0.1, 0.15) is 11.5 Å². The lowest BCUT2D eigenvalue weighted by atomic mass is 9.75. The lowest BCUT2D eigenvalue weighted by Crippen LogP contribution is -2.25. The number of ether oxygens (including phenoxy) is 2. The number of benzene rings is 4. The predicted octanol–water partition coefficient (Wildman–Crippen LogP) is 9.12. The number of aryl methyl sites for hydroxylation is 4. The molecule has 0 aliphatic heterocycles. The highest BCUT2D eigenvalue weighted by atomic mass is 16.5. The Hall–Kier alpha value is -4.70. The molecule has 0 heterocycles. The molecule has 0 atom stereocenters. The van der Waals surface area contributed by atoms with Crippen molar-refractivity contribution >= 4 is 24.1 Å². The molecular weight excluding hydrogens is 556 g/mol. The van der Waals surface area contributed by atoms with Crippen molar-refractivity contribution in [2.24, 2.45) is 0 Å². The minimum Gasteiger partial charge on any atom is -0.423 e. The fourth-order valence-corrected chi connectivity index (χ4v) is 7.06. The Morgan fingerprint density at radius 3 is 1.33 bits per heavy atom. The van der Waals surface area contributed by atoms with Gasteiger partial charge in [0.25, 0.3) is 0 Å². The van der Waals surface area contributed by atoms with Gasteiger partial charge in [0.15, 0.2) is 0 Å². The second-order valence-electron chi connectivity index (χ2n) is 12.8. The van der Waals surface area contributed by atoms with E-state index >= 15 is 0 Å². The van der Waals surface area contributed by atoms with E-state index in [1.54, 1.807) is 13.8 Å². The Labute approximate surface area is 266 Å². The molecule has 4 heteroatoms. The fraction of sp³-hybridized carbons (Fsp3) is 0.268. The van der Waals surface area contributed by atoms with Gasteiger partial charge in [-0.05, 0) is 125 Å². The third kappa shape index (κ3) is 5.78. The number of carbonyl (C=O) groups is 2. The number of esters is 2. The Balaban J connectivity index is 1.37. The van der Waals surface area contributed by atoms with Gasteiger partial charge in [-0.3, -0.25) is 0 Å². The van der Waals surface area contributed by atoms with Crippen LogP contribution in [0.1, 0.15) is 82.3 Å². The summed E-state index contributed by atoms with van der Waals surface area (Å²) in [5.74, 6) is 0.456. The summed E-state index contributed by atoms with van der Waals surface area (Å²) in [6.45, 7) is 11.9. The second kappa shape index (κ2) is 12.0. The third-order valence-corrected chi connectivity index (χ3v) is 9.55. The summed E-state index contributed by atoms with van der Waals surface area (Å²) in [5.41, 5.74) is 11.9. The average Bonchev–Trinajstić information content (AvgIpc) is 3.61. The quantitative estimate of drug-likeness (QED) is 0.127. The first-order valence-electron chi connectivity index (χ1n) is 15.8. The van der Waals surface area contributed by atoms with Gasteiger partial charge in [-0.15, -0.1) is 0 Å². The van der Waals surface area contributed by atoms with Crippen molar-refractivity contribution in [3.05, 3.63) is 140 Å². The smallest absolute Gasteiger partial charge is 0.339 e. The first-order valence-corrected chi connectivity index (χ1v) is 15.8. The van der Waals surface area contributed by atoms with Crippen LogP contribution in [0.15, 0.2) is 83.9 Å². The predicted molar refractivity (Wildman–Crippen MR) is 181 cm³/mol. The van der Waals surface area contributed by atoms with Crippen molar-refractivity contribution in [2.45, 2.75) is 72.6 Å². The third-order valence-electron chi connectivity index (χ3n) is 9.55. The molecule has 0 unspecified atom stereocenters. The normalized spacial score (nSPS) is 17.3. The van der Waals surface area contributed by atoms with Crippen LogP contribution in [-0.4, -0.2) is 11.9 Å². The van der Waals surface area contributed by atoms with Gasteiger partial charge in [-0.2, -0.15) is 0 Å². The summed E-state index contributed by atoms with van der Waals surface area (Å²) in [6, 6.07) is 24.1. The van der Waals surface area contributed by atoms with Crippen molar-refractivity contribution in [3.63, 3.8) is 0 Å². The maximum absolute atomic E-state index is 13.5. The molecule has 4 nitrogen and oxygen atoms in total. The van der Waals surface area contributed by atoms with Crippen molar-refractivity contribution in [2.75, 3.05) is 0 Å². The maximum atomic E-state index is 13.5. The second-order valence-corrected chi connectivity index (χ2v) is 12.8. The highest BCUT2D eigenvalue weighted by Crippen LogP contribution is 2.58. The van der Waals surface area contributed by atoms with E-state index in [1.165, 1.54) is 33.4 Å². The van der Waals surface area contributed by atoms with Crippen LogP contribution in [0.2, 0.25) is 0 Å². The fourth-order valence-electron chi connectivity index (χ4n) is 7.06. The molecule has 2 aliphatic carbocycles. The van der Waals surface area contributed by atoms with Crippen molar-refractivity contribution in [3.8, 4) is 11.5 Å². The van der Waals surface area contributed by atoms with Crippen LogP contribution in [0.5, 0.6) is 11.5 Å². The molecule has 0 saturated carbocycles. The van der Waals surface area contributed by atoms with Crippen LogP contribution in [-0.2, 0) is 27.8 Å². The molecule has 4 aromatic carbocycles. The van der Waals surface area contributed by atoms with E-state index in [1.807, 2.05) is 98.8 Å². The van der Waals surface area contributed by atoms with Gasteiger partial charge in [-0.25, -0.2) is 9.59 Å². The summed E-state index contributed by atoms with van der Waals surface area (Å²) in [4.78, 5) is 26.9. The van der Waals surface area contributed by atoms with Gasteiger partial charge in [0.2, 0.25) is 0 Å². The standard InChI is InChI=1S/C41H40O4/c1-25-7-13-31(14-8-25)23-29(5)39(42)44-35-17-11-27(3)33-19-21-41(37(33)35)22-20-34-28(4)12-18-36(38(34)41)45-40(43)30(6)24-32-15-9-26(2)10-16-32/h7-18,23-24H,19-22H2,1-6H3/b29-23+,30-24+. The van der Waals surface area contributed by atoms with Crippen LogP contribution in [0.25, 0.3) is 12.2 Å². The van der Waals surface area contributed by atoms with Gasteiger partial charge in [0.05, 0.1) is 0 Å². The first kappa shape index (κ1) is 30.3. The van der Waals surface area contributed by atoms with Crippen LogP contribution < -0.4 is 9.47 Å². The van der Waals surface area contributed by atoms with E-state index in [2.05, 4.69) is 13.8 Å². The van der Waals surface area contributed by atoms with E-state index in [9.17, 15) is 9.59 Å². The van der Waals surface area contributed by atoms with E-state index < -0.39 is 5.41 Å². The van der Waals surface area contributed by atoms with Gasteiger partial charge in [0, 0.05) is 27.7 Å². The van der Waals surface area contributed by atoms with E-state index in [4.69, 9.17) is 9.47 Å². The average molecular weight is 597 g/mol. The lowest BCUT2D eigenvalue weighted by molar-refractivity contribution is -0.130. The topological polar surface area (TPSA) is 52.6 Å². The first-order chi connectivity index (χ1) is 21.6. The Bertz CT molecular complexity index is 1730. The van der Waals surface area contributed by atoms with Crippen LogP contribution in [0, 0.1) is 27.7 Å². The SMILES string of the molecule is C/C(=C\c1ccc(C)cc1)C(=O)Oc1ccc(C)c2c1C1(CC2)CCc2c(C)ccc(OC(=O)/C(C)=C/c3ccc(C)cc3)c21. The molecule has 0 N–H and O–H groups in total. The number of rotatable bonds is 6. The maximum Gasteiger partial charge on any atom is 0.339 e. The molecule has 2 aliphatic rings. The summed E-state index contributed by atoms with van der Waals surface area (Å²) >= 11 is 0. The Morgan fingerprint density at radius 2 is 0.956 bits per heavy atom. The minimum atomic E-state index is -0.406. The van der Waals surface area contributed by atoms with Gasteiger partial charge in [-0.1, -0.05) is 71.8 Å². The van der Waals surface area contributed by atoms with E-state index in [0.29, 0.717) is 22.6 Å². The zero-order valence-electron chi connectivity index (χ0n) is 27.0. The molecule has 0 aromatic heterocycles. The van der Waals surface area contributed by atoms with Crippen molar-refractivity contribution in [1.29, 1.82) is 0 Å². The highest BCUT2D eigenvalue weighted by molar-refractivity contribution is 5.95. The molecule has 0 amide bonds. The monoisotopic (exact) mass is 596 g/mol. The van der Waals surface area contributed by atoms with E-state index in [0.717, 1.165) is 47.9 Å². The van der Waals surface area contributed by atoms with Crippen LogP contribution >= 0.6 is 0 Å². The largest absolute Gasteiger partial charge is 0.423 e.